The van der Waals surface area contributed by atoms with Crippen molar-refractivity contribution in [2.75, 3.05) is 56.7 Å². The molecule has 2 heterocycles. The summed E-state index contributed by atoms with van der Waals surface area (Å²) in [6, 6.07) is 9.98. The zero-order valence-electron chi connectivity index (χ0n) is 17.4. The Hall–Kier alpha value is -3.03. The van der Waals surface area contributed by atoms with Gasteiger partial charge in [0.25, 0.3) is 0 Å². The average molecular weight is 399 g/mol. The van der Waals surface area contributed by atoms with Crippen LogP contribution in [0, 0.1) is 6.92 Å². The summed E-state index contributed by atoms with van der Waals surface area (Å²) in [4.78, 5) is 25.0. The molecular formula is C21H29N5O3. The third-order valence-corrected chi connectivity index (χ3v) is 4.84. The molecule has 3 rings (SSSR count). The van der Waals surface area contributed by atoms with Gasteiger partial charge in [0.1, 0.15) is 11.6 Å². The summed E-state index contributed by atoms with van der Waals surface area (Å²) in [6.45, 7) is 7.57. The highest BCUT2D eigenvalue weighted by atomic mass is 16.6. The first-order valence-corrected chi connectivity index (χ1v) is 9.98. The minimum Gasteiger partial charge on any atom is -0.496 e. The normalized spacial score (nSPS) is 13.9. The van der Waals surface area contributed by atoms with E-state index in [2.05, 4.69) is 26.3 Å². The second-order valence-electron chi connectivity index (χ2n) is 6.85. The zero-order valence-corrected chi connectivity index (χ0v) is 17.4. The Labute approximate surface area is 171 Å². The lowest BCUT2D eigenvalue weighted by Crippen LogP contribution is -2.49. The average Bonchev–Trinajstić information content (AvgIpc) is 2.74. The predicted octanol–water partition coefficient (Wildman–Crippen LogP) is 2.73. The smallest absolute Gasteiger partial charge is 0.409 e. The molecule has 1 aliphatic rings. The van der Waals surface area contributed by atoms with E-state index in [1.807, 2.05) is 38.1 Å². The molecule has 1 saturated heterocycles. The first-order valence-electron chi connectivity index (χ1n) is 9.98. The molecule has 1 aliphatic heterocycles. The van der Waals surface area contributed by atoms with Gasteiger partial charge in [-0.2, -0.15) is 4.98 Å². The molecule has 1 N–H and O–H groups in total. The Bertz CT molecular complexity index is 822. The van der Waals surface area contributed by atoms with Crippen LogP contribution in [-0.4, -0.2) is 67.4 Å². The van der Waals surface area contributed by atoms with E-state index in [0.29, 0.717) is 32.2 Å². The first kappa shape index (κ1) is 20.7. The van der Waals surface area contributed by atoms with Crippen molar-refractivity contribution < 1.29 is 14.3 Å². The molecule has 1 amide bonds. The number of carbonyl (C=O) groups is 1. The highest BCUT2D eigenvalue weighted by Gasteiger charge is 2.23. The largest absolute Gasteiger partial charge is 0.496 e. The number of aryl methyl sites for hydroxylation is 1. The topological polar surface area (TPSA) is 79.8 Å². The fraction of sp³-hybridized carbons (Fsp3) is 0.476. The molecule has 1 aromatic carbocycles. The van der Waals surface area contributed by atoms with Gasteiger partial charge >= 0.3 is 6.09 Å². The Morgan fingerprint density at radius 2 is 1.93 bits per heavy atom. The molecule has 0 atom stereocenters. The minimum atomic E-state index is -0.246. The Morgan fingerprint density at radius 1 is 1.17 bits per heavy atom. The fourth-order valence-corrected chi connectivity index (χ4v) is 3.34. The van der Waals surface area contributed by atoms with Crippen LogP contribution in [0.4, 0.5) is 16.6 Å². The SMILES string of the molecule is CCOC(=O)N1CCN(c2cc(C)nc(NCCc3ccccc3OC)n2)CC1. The van der Waals surface area contributed by atoms with Gasteiger partial charge in [-0.25, -0.2) is 9.78 Å². The van der Waals surface area contributed by atoms with E-state index >= 15 is 0 Å². The number of nitrogens with one attached hydrogen (secondary N) is 1. The maximum atomic E-state index is 11.9. The van der Waals surface area contributed by atoms with Gasteiger partial charge in [-0.05, 0) is 31.9 Å². The molecule has 0 saturated carbocycles. The second kappa shape index (κ2) is 9.95. The Balaban J connectivity index is 1.58. The highest BCUT2D eigenvalue weighted by molar-refractivity contribution is 5.68. The number of rotatable bonds is 7. The van der Waals surface area contributed by atoms with Gasteiger partial charge in [0.15, 0.2) is 0 Å². The molecule has 156 valence electrons. The molecule has 2 aromatic rings. The van der Waals surface area contributed by atoms with E-state index in [9.17, 15) is 4.79 Å². The van der Waals surface area contributed by atoms with Gasteiger partial charge in [-0.1, -0.05) is 18.2 Å². The number of hydrogen-bond acceptors (Lipinski definition) is 7. The lowest BCUT2D eigenvalue weighted by molar-refractivity contribution is 0.105. The van der Waals surface area contributed by atoms with Crippen molar-refractivity contribution in [1.82, 2.24) is 14.9 Å². The van der Waals surface area contributed by atoms with Crippen molar-refractivity contribution in [2.45, 2.75) is 20.3 Å². The summed E-state index contributed by atoms with van der Waals surface area (Å²) in [5.41, 5.74) is 2.05. The standard InChI is InChI=1S/C21H29N5O3/c1-4-29-21(27)26-13-11-25(12-14-26)19-15-16(2)23-20(24-19)22-10-9-17-7-5-6-8-18(17)28-3/h5-8,15H,4,9-14H2,1-3H3,(H,22,23,24). The summed E-state index contributed by atoms with van der Waals surface area (Å²) < 4.78 is 10.5. The third kappa shape index (κ3) is 5.49. The number of methoxy groups -OCH3 is 1. The highest BCUT2D eigenvalue weighted by Crippen LogP contribution is 2.19. The number of carbonyl (C=O) groups excluding carboxylic acids is 1. The number of hydrogen-bond donors (Lipinski definition) is 1. The van der Waals surface area contributed by atoms with Crippen LogP contribution < -0.4 is 15.0 Å². The molecule has 0 unspecified atom stereocenters. The fourth-order valence-electron chi connectivity index (χ4n) is 3.34. The van der Waals surface area contributed by atoms with E-state index in [-0.39, 0.29) is 6.09 Å². The van der Waals surface area contributed by atoms with E-state index in [1.54, 1.807) is 12.0 Å². The Morgan fingerprint density at radius 3 is 2.66 bits per heavy atom. The summed E-state index contributed by atoms with van der Waals surface area (Å²) >= 11 is 0. The number of nitrogens with zero attached hydrogens (tertiary/aromatic N) is 4. The van der Waals surface area contributed by atoms with Crippen molar-refractivity contribution in [2.24, 2.45) is 0 Å². The third-order valence-electron chi connectivity index (χ3n) is 4.84. The lowest BCUT2D eigenvalue weighted by atomic mass is 10.1. The Kier molecular flexibility index (Phi) is 7.10. The lowest BCUT2D eigenvalue weighted by Gasteiger charge is -2.34. The number of benzene rings is 1. The molecule has 0 spiro atoms. The van der Waals surface area contributed by atoms with Gasteiger partial charge < -0.3 is 24.6 Å². The van der Waals surface area contributed by atoms with Crippen molar-refractivity contribution in [3.05, 3.63) is 41.6 Å². The number of amides is 1. The van der Waals surface area contributed by atoms with Crippen LogP contribution in [0.5, 0.6) is 5.75 Å². The molecule has 0 aliphatic carbocycles. The molecule has 29 heavy (non-hydrogen) atoms. The van der Waals surface area contributed by atoms with E-state index < -0.39 is 0 Å². The van der Waals surface area contributed by atoms with Crippen molar-refractivity contribution >= 4 is 17.9 Å². The van der Waals surface area contributed by atoms with E-state index in [0.717, 1.165) is 42.3 Å². The number of ether oxygens (including phenoxy) is 2. The molecule has 8 heteroatoms. The summed E-state index contributed by atoms with van der Waals surface area (Å²) in [7, 11) is 1.68. The molecule has 8 nitrogen and oxygen atoms in total. The van der Waals surface area contributed by atoms with Crippen molar-refractivity contribution in [3.63, 3.8) is 0 Å². The van der Waals surface area contributed by atoms with Crippen LogP contribution in [0.15, 0.2) is 30.3 Å². The number of para-hydroxylation sites is 1. The van der Waals surface area contributed by atoms with Crippen LogP contribution in [0.2, 0.25) is 0 Å². The van der Waals surface area contributed by atoms with Crippen LogP contribution >= 0.6 is 0 Å². The van der Waals surface area contributed by atoms with E-state index in [4.69, 9.17) is 9.47 Å². The molecule has 1 aromatic heterocycles. The molecule has 0 radical (unpaired) electrons. The number of aromatic nitrogens is 2. The quantitative estimate of drug-likeness (QED) is 0.767. The van der Waals surface area contributed by atoms with Crippen molar-refractivity contribution in [3.8, 4) is 5.75 Å². The minimum absolute atomic E-state index is 0.246. The summed E-state index contributed by atoms with van der Waals surface area (Å²) in [5, 5.41) is 3.32. The van der Waals surface area contributed by atoms with Gasteiger partial charge in [0.05, 0.1) is 13.7 Å². The second-order valence-corrected chi connectivity index (χ2v) is 6.85. The van der Waals surface area contributed by atoms with Gasteiger partial charge in [-0.3, -0.25) is 0 Å². The molecule has 1 fully saturated rings. The monoisotopic (exact) mass is 399 g/mol. The van der Waals surface area contributed by atoms with Gasteiger partial charge in [0.2, 0.25) is 5.95 Å². The maximum absolute atomic E-state index is 11.9. The number of anilines is 2. The van der Waals surface area contributed by atoms with Crippen LogP contribution in [-0.2, 0) is 11.2 Å². The summed E-state index contributed by atoms with van der Waals surface area (Å²) in [6.07, 6.45) is 0.569. The van der Waals surface area contributed by atoms with Crippen molar-refractivity contribution in [1.29, 1.82) is 0 Å². The molecular weight excluding hydrogens is 370 g/mol. The van der Waals surface area contributed by atoms with E-state index in [1.165, 1.54) is 0 Å². The van der Waals surface area contributed by atoms with Gasteiger partial charge in [-0.15, -0.1) is 0 Å². The predicted molar refractivity (Wildman–Crippen MR) is 113 cm³/mol. The first-order chi connectivity index (χ1) is 14.1. The zero-order chi connectivity index (χ0) is 20.6. The van der Waals surface area contributed by atoms with Crippen LogP contribution in [0.1, 0.15) is 18.2 Å². The van der Waals surface area contributed by atoms with Crippen LogP contribution in [0.25, 0.3) is 0 Å². The summed E-state index contributed by atoms with van der Waals surface area (Å²) in [5.74, 6) is 2.38. The molecule has 0 bridgehead atoms. The van der Waals surface area contributed by atoms with Crippen LogP contribution in [0.3, 0.4) is 0 Å². The maximum Gasteiger partial charge on any atom is 0.409 e. The van der Waals surface area contributed by atoms with Gasteiger partial charge in [0, 0.05) is 44.5 Å². The number of piperazine rings is 1.